The van der Waals surface area contributed by atoms with E-state index in [0.717, 1.165) is 41.3 Å². The van der Waals surface area contributed by atoms with Gasteiger partial charge in [-0.2, -0.15) is 0 Å². The first kappa shape index (κ1) is 16.5. The molecule has 0 N–H and O–H groups in total. The molecule has 1 saturated heterocycles. The second kappa shape index (κ2) is 7.93. The SMILES string of the molecule is CCn1c(SCCN2CCC(C)CC2)nnc1-c1cccnc1. The van der Waals surface area contributed by atoms with Crippen LogP contribution in [0, 0.1) is 5.92 Å². The molecule has 23 heavy (non-hydrogen) atoms. The van der Waals surface area contributed by atoms with Crippen LogP contribution in [0.4, 0.5) is 0 Å². The fourth-order valence-electron chi connectivity index (χ4n) is 2.94. The lowest BCUT2D eigenvalue weighted by molar-refractivity contribution is 0.203. The summed E-state index contributed by atoms with van der Waals surface area (Å²) >= 11 is 1.81. The summed E-state index contributed by atoms with van der Waals surface area (Å²) in [5.41, 5.74) is 1.03. The number of piperidine rings is 1. The van der Waals surface area contributed by atoms with Crippen molar-refractivity contribution in [2.24, 2.45) is 5.92 Å². The van der Waals surface area contributed by atoms with Gasteiger partial charge < -0.3 is 9.47 Å². The monoisotopic (exact) mass is 331 g/mol. The zero-order valence-electron chi connectivity index (χ0n) is 14.0. The van der Waals surface area contributed by atoms with Gasteiger partial charge in [-0.15, -0.1) is 10.2 Å². The number of aromatic nitrogens is 4. The van der Waals surface area contributed by atoms with E-state index in [1.165, 1.54) is 25.9 Å². The lowest BCUT2D eigenvalue weighted by Crippen LogP contribution is -2.34. The van der Waals surface area contributed by atoms with Crippen LogP contribution in [-0.2, 0) is 6.54 Å². The van der Waals surface area contributed by atoms with Crippen LogP contribution >= 0.6 is 11.8 Å². The summed E-state index contributed by atoms with van der Waals surface area (Å²) in [6.07, 6.45) is 6.30. The maximum absolute atomic E-state index is 4.39. The zero-order valence-corrected chi connectivity index (χ0v) is 14.8. The van der Waals surface area contributed by atoms with Gasteiger partial charge in [0.2, 0.25) is 0 Å². The van der Waals surface area contributed by atoms with Gasteiger partial charge in [0.05, 0.1) is 0 Å². The first-order valence-electron chi connectivity index (χ1n) is 8.46. The average Bonchev–Trinajstić information content (AvgIpc) is 3.00. The number of hydrogen-bond acceptors (Lipinski definition) is 5. The molecule has 124 valence electrons. The second-order valence-electron chi connectivity index (χ2n) is 6.16. The molecule has 2 aromatic rings. The molecule has 0 amide bonds. The molecule has 1 fully saturated rings. The van der Waals surface area contributed by atoms with E-state index in [9.17, 15) is 0 Å². The van der Waals surface area contributed by atoms with E-state index in [-0.39, 0.29) is 0 Å². The molecule has 0 radical (unpaired) electrons. The summed E-state index contributed by atoms with van der Waals surface area (Å²) in [6.45, 7) is 8.98. The third kappa shape index (κ3) is 4.12. The molecule has 1 aliphatic rings. The maximum atomic E-state index is 4.39. The first-order valence-corrected chi connectivity index (χ1v) is 9.45. The van der Waals surface area contributed by atoms with Crippen LogP contribution in [0.25, 0.3) is 11.4 Å². The van der Waals surface area contributed by atoms with E-state index < -0.39 is 0 Å². The lowest BCUT2D eigenvalue weighted by atomic mass is 9.99. The Morgan fingerprint density at radius 1 is 1.26 bits per heavy atom. The molecule has 0 bridgehead atoms. The van der Waals surface area contributed by atoms with E-state index in [1.54, 1.807) is 6.20 Å². The minimum Gasteiger partial charge on any atom is -0.302 e. The van der Waals surface area contributed by atoms with Crippen molar-refractivity contribution in [2.45, 2.75) is 38.4 Å². The number of pyridine rings is 1. The summed E-state index contributed by atoms with van der Waals surface area (Å²) in [6, 6.07) is 3.97. The van der Waals surface area contributed by atoms with Crippen molar-refractivity contribution in [1.82, 2.24) is 24.6 Å². The minimum absolute atomic E-state index is 0.876. The Morgan fingerprint density at radius 3 is 2.78 bits per heavy atom. The van der Waals surface area contributed by atoms with Crippen LogP contribution < -0.4 is 0 Å². The van der Waals surface area contributed by atoms with Crippen molar-refractivity contribution < 1.29 is 0 Å². The van der Waals surface area contributed by atoms with Crippen LogP contribution in [0.5, 0.6) is 0 Å². The third-order valence-corrected chi connectivity index (χ3v) is 5.41. The van der Waals surface area contributed by atoms with Crippen molar-refractivity contribution in [2.75, 3.05) is 25.4 Å². The van der Waals surface area contributed by atoms with Gasteiger partial charge >= 0.3 is 0 Å². The van der Waals surface area contributed by atoms with Gasteiger partial charge in [-0.3, -0.25) is 4.98 Å². The third-order valence-electron chi connectivity index (χ3n) is 4.47. The Labute approximate surface area is 142 Å². The molecule has 0 aliphatic carbocycles. The van der Waals surface area contributed by atoms with Crippen LogP contribution in [0.3, 0.4) is 0 Å². The molecule has 6 heteroatoms. The first-order chi connectivity index (χ1) is 11.3. The summed E-state index contributed by atoms with van der Waals surface area (Å²) in [4.78, 5) is 6.75. The van der Waals surface area contributed by atoms with E-state index in [2.05, 4.69) is 38.5 Å². The van der Waals surface area contributed by atoms with Gasteiger partial charge in [0.25, 0.3) is 0 Å². The molecular weight excluding hydrogens is 306 g/mol. The van der Waals surface area contributed by atoms with Crippen molar-refractivity contribution >= 4 is 11.8 Å². The summed E-state index contributed by atoms with van der Waals surface area (Å²) in [5.74, 6) is 2.87. The fraction of sp³-hybridized carbons (Fsp3) is 0.588. The van der Waals surface area contributed by atoms with E-state index >= 15 is 0 Å². The van der Waals surface area contributed by atoms with Gasteiger partial charge in [-0.25, -0.2) is 0 Å². The van der Waals surface area contributed by atoms with E-state index in [1.807, 2.05) is 30.1 Å². The molecular formula is C17H25N5S. The van der Waals surface area contributed by atoms with Crippen molar-refractivity contribution in [3.63, 3.8) is 0 Å². The molecule has 0 spiro atoms. The number of thioether (sulfide) groups is 1. The molecule has 0 aromatic carbocycles. The second-order valence-corrected chi connectivity index (χ2v) is 7.23. The van der Waals surface area contributed by atoms with Gasteiger partial charge in [-0.05, 0) is 50.9 Å². The summed E-state index contributed by atoms with van der Waals surface area (Å²) in [5, 5.41) is 9.77. The fourth-order valence-corrected chi connectivity index (χ4v) is 3.94. The number of likely N-dealkylation sites (tertiary alicyclic amines) is 1. The van der Waals surface area contributed by atoms with Crippen LogP contribution in [-0.4, -0.2) is 50.0 Å². The van der Waals surface area contributed by atoms with Gasteiger partial charge in [0.1, 0.15) is 0 Å². The lowest BCUT2D eigenvalue weighted by Gasteiger charge is -2.29. The maximum Gasteiger partial charge on any atom is 0.191 e. The van der Waals surface area contributed by atoms with Crippen molar-refractivity contribution in [3.05, 3.63) is 24.5 Å². The average molecular weight is 331 g/mol. The summed E-state index contributed by atoms with van der Waals surface area (Å²) < 4.78 is 2.18. The van der Waals surface area contributed by atoms with Gasteiger partial charge in [0.15, 0.2) is 11.0 Å². The molecule has 0 saturated carbocycles. The van der Waals surface area contributed by atoms with Crippen LogP contribution in [0.1, 0.15) is 26.7 Å². The highest BCUT2D eigenvalue weighted by Crippen LogP contribution is 2.24. The molecule has 2 aromatic heterocycles. The smallest absolute Gasteiger partial charge is 0.191 e. The van der Waals surface area contributed by atoms with E-state index in [4.69, 9.17) is 0 Å². The normalized spacial score (nSPS) is 16.8. The topological polar surface area (TPSA) is 46.8 Å². The largest absolute Gasteiger partial charge is 0.302 e. The standard InChI is InChI=1S/C17H25N5S/c1-3-22-16(15-5-4-8-18-13-15)19-20-17(22)23-12-11-21-9-6-14(2)7-10-21/h4-5,8,13-14H,3,6-7,9-12H2,1-2H3. The molecule has 3 heterocycles. The van der Waals surface area contributed by atoms with Gasteiger partial charge in [0, 0.05) is 36.8 Å². The summed E-state index contributed by atoms with van der Waals surface area (Å²) in [7, 11) is 0. The predicted molar refractivity (Wildman–Crippen MR) is 94.5 cm³/mol. The highest BCUT2D eigenvalue weighted by Gasteiger charge is 2.17. The highest BCUT2D eigenvalue weighted by atomic mass is 32.2. The highest BCUT2D eigenvalue weighted by molar-refractivity contribution is 7.99. The molecule has 0 atom stereocenters. The Morgan fingerprint density at radius 2 is 2.09 bits per heavy atom. The Bertz CT molecular complexity index is 605. The van der Waals surface area contributed by atoms with Crippen LogP contribution in [0.2, 0.25) is 0 Å². The molecule has 5 nitrogen and oxygen atoms in total. The van der Waals surface area contributed by atoms with Crippen molar-refractivity contribution in [3.8, 4) is 11.4 Å². The van der Waals surface area contributed by atoms with Gasteiger partial charge in [-0.1, -0.05) is 18.7 Å². The molecule has 1 aliphatic heterocycles. The van der Waals surface area contributed by atoms with E-state index in [0.29, 0.717) is 0 Å². The number of hydrogen-bond donors (Lipinski definition) is 0. The number of nitrogens with zero attached hydrogens (tertiary/aromatic N) is 5. The Kier molecular flexibility index (Phi) is 5.67. The predicted octanol–water partition coefficient (Wildman–Crippen LogP) is 3.18. The Hall–Kier alpha value is -1.40. The Balaban J connectivity index is 1.59. The molecule has 3 rings (SSSR count). The molecule has 0 unspecified atom stereocenters. The zero-order chi connectivity index (χ0) is 16.1. The minimum atomic E-state index is 0.876. The van der Waals surface area contributed by atoms with Crippen molar-refractivity contribution in [1.29, 1.82) is 0 Å². The quantitative estimate of drug-likeness (QED) is 0.761. The number of rotatable bonds is 6. The van der Waals surface area contributed by atoms with Crippen LogP contribution in [0.15, 0.2) is 29.7 Å².